The lowest BCUT2D eigenvalue weighted by molar-refractivity contribution is 0.114. The maximum absolute atomic E-state index is 6.40. The van der Waals surface area contributed by atoms with Crippen LogP contribution in [0.4, 0.5) is 0 Å². The van der Waals surface area contributed by atoms with Gasteiger partial charge in [0.1, 0.15) is 0 Å². The molecule has 3 rings (SSSR count). The first-order valence-electron chi connectivity index (χ1n) is 8.56. The van der Waals surface area contributed by atoms with Crippen molar-refractivity contribution in [1.29, 1.82) is 0 Å². The highest BCUT2D eigenvalue weighted by molar-refractivity contribution is 6.76. The van der Waals surface area contributed by atoms with Gasteiger partial charge in [0.15, 0.2) is 8.32 Å². The first-order valence-corrected chi connectivity index (χ1v) is 11.0. The van der Waals surface area contributed by atoms with Crippen LogP contribution in [0.2, 0.25) is 17.6 Å². The van der Waals surface area contributed by atoms with Gasteiger partial charge in [-0.3, -0.25) is 0 Å². The van der Waals surface area contributed by atoms with Gasteiger partial charge < -0.3 is 9.16 Å². The van der Waals surface area contributed by atoms with Gasteiger partial charge >= 0.3 is 0 Å². The van der Waals surface area contributed by atoms with Crippen LogP contribution in [0.3, 0.4) is 0 Å². The zero-order valence-corrected chi connectivity index (χ0v) is 14.2. The highest BCUT2D eigenvalue weighted by Crippen LogP contribution is 2.48. The Morgan fingerprint density at radius 1 is 1.14 bits per heavy atom. The van der Waals surface area contributed by atoms with E-state index in [-0.39, 0.29) is 0 Å². The Balaban J connectivity index is 1.49. The van der Waals surface area contributed by atoms with Crippen molar-refractivity contribution >= 4 is 8.32 Å². The van der Waals surface area contributed by atoms with Crippen molar-refractivity contribution in [3.63, 3.8) is 0 Å². The molecule has 0 radical (unpaired) electrons. The average Bonchev–Trinajstić information content (AvgIpc) is 2.82. The molecule has 0 aliphatic carbocycles. The van der Waals surface area contributed by atoms with Crippen LogP contribution < -0.4 is 0 Å². The summed E-state index contributed by atoms with van der Waals surface area (Å²) in [5.74, 6) is 0.745. The summed E-state index contributed by atoms with van der Waals surface area (Å²) in [6.07, 6.45) is 5.44. The number of ether oxygens (including phenoxy) is 1. The maximum Gasteiger partial charge on any atom is 0.196 e. The summed E-state index contributed by atoms with van der Waals surface area (Å²) in [7, 11) is -1.42. The summed E-state index contributed by atoms with van der Waals surface area (Å²) in [6.45, 7) is 5.03. The van der Waals surface area contributed by atoms with Crippen LogP contribution in [0.25, 0.3) is 0 Å². The highest BCUT2D eigenvalue weighted by atomic mass is 28.4. The van der Waals surface area contributed by atoms with Gasteiger partial charge in [-0.2, -0.15) is 0 Å². The third-order valence-electron chi connectivity index (χ3n) is 5.38. The van der Waals surface area contributed by atoms with Crippen LogP contribution in [0, 0.1) is 5.92 Å². The minimum absolute atomic E-state index is 0.745. The fourth-order valence-electron chi connectivity index (χ4n) is 4.23. The van der Waals surface area contributed by atoms with Gasteiger partial charge in [-0.05, 0) is 35.5 Å². The predicted octanol–water partition coefficient (Wildman–Crippen LogP) is 4.76. The minimum atomic E-state index is -1.42. The van der Waals surface area contributed by atoms with Crippen molar-refractivity contribution in [3.8, 4) is 0 Å². The lowest BCUT2D eigenvalue weighted by Gasteiger charge is -2.36. The highest BCUT2D eigenvalue weighted by Gasteiger charge is 2.50. The van der Waals surface area contributed by atoms with Crippen LogP contribution >= 0.6 is 0 Å². The molecular weight excluding hydrogens is 276 g/mol. The molecule has 3 heteroatoms. The molecule has 2 aliphatic heterocycles. The van der Waals surface area contributed by atoms with Crippen LogP contribution in [0.15, 0.2) is 30.3 Å². The van der Waals surface area contributed by atoms with Gasteiger partial charge in [-0.25, -0.2) is 0 Å². The third-order valence-corrected chi connectivity index (χ3v) is 10.7. The van der Waals surface area contributed by atoms with E-state index in [2.05, 4.69) is 37.3 Å². The van der Waals surface area contributed by atoms with E-state index in [0.29, 0.717) is 0 Å². The largest absolute Gasteiger partial charge is 0.416 e. The zero-order valence-electron chi connectivity index (χ0n) is 13.2. The molecule has 116 valence electrons. The molecule has 2 nitrogen and oxygen atoms in total. The van der Waals surface area contributed by atoms with E-state index < -0.39 is 8.32 Å². The van der Waals surface area contributed by atoms with E-state index in [1.807, 2.05) is 0 Å². The van der Waals surface area contributed by atoms with Gasteiger partial charge in [0.25, 0.3) is 0 Å². The monoisotopic (exact) mass is 304 g/mol. The van der Waals surface area contributed by atoms with Crippen molar-refractivity contribution in [2.24, 2.45) is 5.92 Å². The molecule has 0 aromatic heterocycles. The molecule has 1 aromatic carbocycles. The molecule has 2 heterocycles. The number of hydrogen-bond donors (Lipinski definition) is 0. The van der Waals surface area contributed by atoms with Gasteiger partial charge in [-0.1, -0.05) is 56.5 Å². The second-order valence-electron chi connectivity index (χ2n) is 6.85. The van der Waals surface area contributed by atoms with E-state index in [9.17, 15) is 0 Å². The fourth-order valence-corrected chi connectivity index (χ4v) is 9.79. The standard InChI is InChI=1S/C18H28O2Si/c1-16-14-20-21(12-6-3-7-13-21)18(16)10-11-19-15-17-8-4-2-5-9-17/h2,4-5,8-9,16,18H,3,6-7,10-15H2,1H3/t16-,18+/m1/s1. The molecule has 0 amide bonds. The Morgan fingerprint density at radius 3 is 2.67 bits per heavy atom. The fraction of sp³-hybridized carbons (Fsp3) is 0.667. The Kier molecular flexibility index (Phi) is 5.14. The summed E-state index contributed by atoms with van der Waals surface area (Å²) in [5, 5.41) is 0. The van der Waals surface area contributed by atoms with Crippen molar-refractivity contribution in [1.82, 2.24) is 0 Å². The summed E-state index contributed by atoms with van der Waals surface area (Å²) >= 11 is 0. The second-order valence-corrected chi connectivity index (χ2v) is 11.0. The van der Waals surface area contributed by atoms with Crippen molar-refractivity contribution in [2.45, 2.75) is 56.8 Å². The molecule has 2 fully saturated rings. The lowest BCUT2D eigenvalue weighted by Crippen LogP contribution is -2.41. The summed E-state index contributed by atoms with van der Waals surface area (Å²) < 4.78 is 12.3. The molecule has 0 N–H and O–H groups in total. The van der Waals surface area contributed by atoms with Gasteiger partial charge in [0, 0.05) is 13.2 Å². The minimum Gasteiger partial charge on any atom is -0.416 e. The van der Waals surface area contributed by atoms with E-state index in [1.165, 1.54) is 43.3 Å². The Bertz CT molecular complexity index is 423. The summed E-state index contributed by atoms with van der Waals surface area (Å²) in [6, 6.07) is 13.3. The molecule has 2 aliphatic rings. The number of hydrogen-bond acceptors (Lipinski definition) is 2. The molecule has 0 unspecified atom stereocenters. The van der Waals surface area contributed by atoms with E-state index in [0.717, 1.165) is 31.3 Å². The van der Waals surface area contributed by atoms with E-state index in [4.69, 9.17) is 9.16 Å². The van der Waals surface area contributed by atoms with Gasteiger partial charge in [0.05, 0.1) is 6.61 Å². The van der Waals surface area contributed by atoms with Crippen molar-refractivity contribution < 1.29 is 9.16 Å². The molecule has 2 atom stereocenters. The SMILES string of the molecule is C[C@@H]1CO[Si]2(CCCCC2)[C@H]1CCOCc1ccccc1. The first-order chi connectivity index (χ1) is 10.3. The predicted molar refractivity (Wildman–Crippen MR) is 88.8 cm³/mol. The zero-order chi connectivity index (χ0) is 14.5. The quantitative estimate of drug-likeness (QED) is 0.577. The van der Waals surface area contributed by atoms with E-state index >= 15 is 0 Å². The summed E-state index contributed by atoms with van der Waals surface area (Å²) in [4.78, 5) is 0. The number of benzene rings is 1. The van der Waals surface area contributed by atoms with Gasteiger partial charge in [-0.15, -0.1) is 0 Å². The second kappa shape index (κ2) is 7.08. The lowest BCUT2D eigenvalue weighted by atomic mass is 10.1. The molecule has 1 spiro atoms. The molecule has 0 saturated carbocycles. The van der Waals surface area contributed by atoms with E-state index in [1.54, 1.807) is 0 Å². The Labute approximate surface area is 130 Å². The third kappa shape index (κ3) is 3.58. The molecule has 1 aromatic rings. The normalized spacial score (nSPS) is 28.0. The van der Waals surface area contributed by atoms with Crippen molar-refractivity contribution in [3.05, 3.63) is 35.9 Å². The first kappa shape index (κ1) is 15.3. The van der Waals surface area contributed by atoms with Crippen molar-refractivity contribution in [2.75, 3.05) is 13.2 Å². The number of rotatable bonds is 5. The van der Waals surface area contributed by atoms with Crippen LogP contribution in [0.5, 0.6) is 0 Å². The van der Waals surface area contributed by atoms with Gasteiger partial charge in [0.2, 0.25) is 0 Å². The summed E-state index contributed by atoms with van der Waals surface area (Å²) in [5.41, 5.74) is 2.10. The average molecular weight is 305 g/mol. The molecule has 0 bridgehead atoms. The molecule has 21 heavy (non-hydrogen) atoms. The topological polar surface area (TPSA) is 18.5 Å². The maximum atomic E-state index is 6.40. The smallest absolute Gasteiger partial charge is 0.196 e. The van der Waals surface area contributed by atoms with Crippen LogP contribution in [-0.4, -0.2) is 21.5 Å². The molecule has 2 saturated heterocycles. The van der Waals surface area contributed by atoms with Crippen LogP contribution in [-0.2, 0) is 15.8 Å². The Morgan fingerprint density at radius 2 is 1.90 bits per heavy atom. The van der Waals surface area contributed by atoms with Crippen LogP contribution in [0.1, 0.15) is 38.2 Å². The molecular formula is C18H28O2Si. The Hall–Kier alpha value is -0.643.